The second-order valence-corrected chi connectivity index (χ2v) is 5.54. The number of rotatable bonds is 6. The van der Waals surface area contributed by atoms with Gasteiger partial charge in [0.1, 0.15) is 0 Å². The molecule has 22 heavy (non-hydrogen) atoms. The summed E-state index contributed by atoms with van der Waals surface area (Å²) in [4.78, 5) is 23.9. The van der Waals surface area contributed by atoms with Crippen molar-refractivity contribution in [3.05, 3.63) is 46.8 Å². The molecule has 2 aromatic rings. The van der Waals surface area contributed by atoms with E-state index >= 15 is 0 Å². The van der Waals surface area contributed by atoms with Gasteiger partial charge in [-0.15, -0.1) is 0 Å². The number of furan rings is 1. The minimum absolute atomic E-state index is 0.0655. The molecule has 0 aliphatic rings. The molecule has 6 heteroatoms. The average molecular weight is 365 g/mol. The molecule has 0 fully saturated rings. The van der Waals surface area contributed by atoms with Gasteiger partial charge in [-0.1, -0.05) is 25.5 Å². The second kappa shape index (κ2) is 7.79. The Bertz CT molecular complexity index is 667. The standard InChI is InChI=1S/C16H17BrN2O3/c1-2-3-8-15(20)18-11-6-4-5-7-12(11)19-16(21)13-9-10-14(17)22-13/h4-7,9-10H,2-3,8H2,1H3,(H,18,20)(H,19,21). The molecule has 5 nitrogen and oxygen atoms in total. The molecule has 1 aromatic carbocycles. The molecule has 2 rings (SSSR count). The monoisotopic (exact) mass is 364 g/mol. The number of carbonyl (C=O) groups is 2. The van der Waals surface area contributed by atoms with Gasteiger partial charge in [0.2, 0.25) is 5.91 Å². The van der Waals surface area contributed by atoms with Gasteiger partial charge in [-0.05, 0) is 46.6 Å². The van der Waals surface area contributed by atoms with Crippen LogP contribution in [0, 0.1) is 0 Å². The van der Waals surface area contributed by atoms with E-state index in [0.29, 0.717) is 22.5 Å². The molecular formula is C16H17BrN2O3. The minimum atomic E-state index is -0.374. The van der Waals surface area contributed by atoms with Gasteiger partial charge in [-0.25, -0.2) is 0 Å². The van der Waals surface area contributed by atoms with E-state index in [0.717, 1.165) is 12.8 Å². The molecule has 0 spiro atoms. The van der Waals surface area contributed by atoms with E-state index in [4.69, 9.17) is 4.42 Å². The SMILES string of the molecule is CCCCC(=O)Nc1ccccc1NC(=O)c1ccc(Br)o1. The summed E-state index contributed by atoms with van der Waals surface area (Å²) in [5.74, 6) is -0.246. The zero-order valence-electron chi connectivity index (χ0n) is 12.2. The molecule has 1 aromatic heterocycles. The van der Waals surface area contributed by atoms with Gasteiger partial charge in [0.25, 0.3) is 5.91 Å². The lowest BCUT2D eigenvalue weighted by Crippen LogP contribution is -2.16. The van der Waals surface area contributed by atoms with Gasteiger partial charge in [-0.3, -0.25) is 9.59 Å². The number of nitrogens with one attached hydrogen (secondary N) is 2. The average Bonchev–Trinajstić information content (AvgIpc) is 2.94. The third kappa shape index (κ3) is 4.46. The summed E-state index contributed by atoms with van der Waals surface area (Å²) in [5, 5.41) is 5.55. The Balaban J connectivity index is 2.08. The van der Waals surface area contributed by atoms with Gasteiger partial charge < -0.3 is 15.1 Å². The second-order valence-electron chi connectivity index (χ2n) is 4.76. The smallest absolute Gasteiger partial charge is 0.291 e. The summed E-state index contributed by atoms with van der Waals surface area (Å²) < 4.78 is 5.69. The lowest BCUT2D eigenvalue weighted by Gasteiger charge is -2.11. The van der Waals surface area contributed by atoms with Crippen molar-refractivity contribution in [3.63, 3.8) is 0 Å². The van der Waals surface area contributed by atoms with Crippen molar-refractivity contribution >= 4 is 39.1 Å². The van der Waals surface area contributed by atoms with Crippen molar-refractivity contribution in [3.8, 4) is 0 Å². The van der Waals surface area contributed by atoms with Crippen LogP contribution in [0.3, 0.4) is 0 Å². The maximum atomic E-state index is 12.1. The maximum absolute atomic E-state index is 12.1. The predicted octanol–water partition coefficient (Wildman–Crippen LogP) is 4.42. The number of hydrogen-bond donors (Lipinski definition) is 2. The number of unbranched alkanes of at least 4 members (excludes halogenated alkanes) is 1. The highest BCUT2D eigenvalue weighted by Crippen LogP contribution is 2.23. The van der Waals surface area contributed by atoms with Gasteiger partial charge in [0.05, 0.1) is 11.4 Å². The first-order chi connectivity index (χ1) is 10.6. The van der Waals surface area contributed by atoms with E-state index in [1.165, 1.54) is 0 Å². The molecule has 0 atom stereocenters. The van der Waals surface area contributed by atoms with Crippen molar-refractivity contribution in [2.45, 2.75) is 26.2 Å². The summed E-state index contributed by atoms with van der Waals surface area (Å²) in [6.07, 6.45) is 2.25. The Morgan fingerprint density at radius 3 is 2.36 bits per heavy atom. The van der Waals surface area contributed by atoms with E-state index in [1.807, 2.05) is 6.92 Å². The van der Waals surface area contributed by atoms with Gasteiger partial charge in [0, 0.05) is 6.42 Å². The van der Waals surface area contributed by atoms with Crippen LogP contribution in [0.4, 0.5) is 11.4 Å². The molecule has 116 valence electrons. The first kappa shape index (κ1) is 16.3. The molecule has 0 bridgehead atoms. The van der Waals surface area contributed by atoms with E-state index in [1.54, 1.807) is 36.4 Å². The topological polar surface area (TPSA) is 71.3 Å². The zero-order chi connectivity index (χ0) is 15.9. The molecule has 2 amide bonds. The fraction of sp³-hybridized carbons (Fsp3) is 0.250. The largest absolute Gasteiger partial charge is 0.444 e. The maximum Gasteiger partial charge on any atom is 0.291 e. The van der Waals surface area contributed by atoms with E-state index in [9.17, 15) is 9.59 Å². The molecule has 0 saturated carbocycles. The fourth-order valence-corrected chi connectivity index (χ4v) is 2.18. The Morgan fingerprint density at radius 2 is 1.77 bits per heavy atom. The molecule has 1 heterocycles. The molecule has 2 N–H and O–H groups in total. The fourth-order valence-electron chi connectivity index (χ4n) is 1.87. The van der Waals surface area contributed by atoms with Crippen molar-refractivity contribution in [1.29, 1.82) is 0 Å². The van der Waals surface area contributed by atoms with Crippen LogP contribution in [0.5, 0.6) is 0 Å². The number of carbonyl (C=O) groups excluding carboxylic acids is 2. The highest BCUT2D eigenvalue weighted by molar-refractivity contribution is 9.10. The van der Waals surface area contributed by atoms with Crippen molar-refractivity contribution in [2.75, 3.05) is 10.6 Å². The molecule has 0 unspecified atom stereocenters. The Kier molecular flexibility index (Phi) is 5.77. The number of benzene rings is 1. The molecular weight excluding hydrogens is 348 g/mol. The lowest BCUT2D eigenvalue weighted by atomic mass is 10.2. The number of anilines is 2. The van der Waals surface area contributed by atoms with Crippen LogP contribution < -0.4 is 10.6 Å². The first-order valence-electron chi connectivity index (χ1n) is 7.05. The number of hydrogen-bond acceptors (Lipinski definition) is 3. The summed E-state index contributed by atoms with van der Waals surface area (Å²) in [6, 6.07) is 10.3. The normalized spacial score (nSPS) is 10.3. The summed E-state index contributed by atoms with van der Waals surface area (Å²) >= 11 is 3.15. The van der Waals surface area contributed by atoms with Crippen LogP contribution in [-0.4, -0.2) is 11.8 Å². The van der Waals surface area contributed by atoms with Crippen LogP contribution in [0.1, 0.15) is 36.7 Å². The zero-order valence-corrected chi connectivity index (χ0v) is 13.8. The van der Waals surface area contributed by atoms with Crippen molar-refractivity contribution < 1.29 is 14.0 Å². The first-order valence-corrected chi connectivity index (χ1v) is 7.85. The molecule has 0 aliphatic heterocycles. The molecule has 0 radical (unpaired) electrons. The van der Waals surface area contributed by atoms with E-state index < -0.39 is 0 Å². The Labute approximate surface area is 137 Å². The highest BCUT2D eigenvalue weighted by atomic mass is 79.9. The predicted molar refractivity (Wildman–Crippen MR) is 89.0 cm³/mol. The van der Waals surface area contributed by atoms with Crippen LogP contribution in [0.2, 0.25) is 0 Å². The summed E-state index contributed by atoms with van der Waals surface area (Å²) in [7, 11) is 0. The number of halogens is 1. The van der Waals surface area contributed by atoms with Crippen molar-refractivity contribution in [1.82, 2.24) is 0 Å². The highest BCUT2D eigenvalue weighted by Gasteiger charge is 2.13. The van der Waals surface area contributed by atoms with Gasteiger partial charge >= 0.3 is 0 Å². The van der Waals surface area contributed by atoms with Crippen LogP contribution in [0.25, 0.3) is 0 Å². The van der Waals surface area contributed by atoms with Gasteiger partial charge in [0.15, 0.2) is 10.4 Å². The minimum Gasteiger partial charge on any atom is -0.444 e. The summed E-state index contributed by atoms with van der Waals surface area (Å²) in [5.41, 5.74) is 1.10. The molecule has 0 saturated heterocycles. The van der Waals surface area contributed by atoms with E-state index in [-0.39, 0.29) is 17.6 Å². The lowest BCUT2D eigenvalue weighted by molar-refractivity contribution is -0.116. The Hall–Kier alpha value is -2.08. The number of amides is 2. The third-order valence-electron chi connectivity index (χ3n) is 3.00. The van der Waals surface area contributed by atoms with Crippen LogP contribution in [0.15, 0.2) is 45.5 Å². The quantitative estimate of drug-likeness (QED) is 0.796. The molecule has 0 aliphatic carbocycles. The Morgan fingerprint density at radius 1 is 1.09 bits per heavy atom. The van der Waals surface area contributed by atoms with Crippen molar-refractivity contribution in [2.24, 2.45) is 0 Å². The third-order valence-corrected chi connectivity index (χ3v) is 3.43. The van der Waals surface area contributed by atoms with Crippen LogP contribution in [-0.2, 0) is 4.79 Å². The summed E-state index contributed by atoms with van der Waals surface area (Å²) in [6.45, 7) is 2.03. The van der Waals surface area contributed by atoms with Gasteiger partial charge in [-0.2, -0.15) is 0 Å². The van der Waals surface area contributed by atoms with E-state index in [2.05, 4.69) is 26.6 Å². The van der Waals surface area contributed by atoms with Crippen LogP contribution >= 0.6 is 15.9 Å². The number of para-hydroxylation sites is 2.